The molecule has 1 N–H and O–H groups in total. The molecular formula is C30H35F3N8O. The van der Waals surface area contributed by atoms with Crippen LogP contribution in [0.25, 0.3) is 0 Å². The number of alkyl halides is 3. The van der Waals surface area contributed by atoms with Gasteiger partial charge in [0, 0.05) is 37.4 Å². The number of likely N-dealkylation sites (tertiary alicyclic amines) is 1. The third-order valence-corrected chi connectivity index (χ3v) is 8.77. The lowest BCUT2D eigenvalue weighted by Crippen LogP contribution is -2.58. The van der Waals surface area contributed by atoms with Crippen LogP contribution in [0, 0.1) is 17.2 Å². The average Bonchev–Trinajstić information content (AvgIpc) is 3.60. The Labute approximate surface area is 243 Å². The fourth-order valence-corrected chi connectivity index (χ4v) is 6.64. The number of piperidine rings is 1. The molecule has 1 saturated carbocycles. The molecule has 42 heavy (non-hydrogen) atoms. The molecule has 2 aromatic rings. The summed E-state index contributed by atoms with van der Waals surface area (Å²) in [5, 5.41) is 17.5. The summed E-state index contributed by atoms with van der Waals surface area (Å²) in [6.45, 7) is 2.00. The maximum Gasteiger partial charge on any atom is 0.416 e. The normalized spacial score (nSPS) is 27.7. The van der Waals surface area contributed by atoms with Crippen molar-refractivity contribution < 1.29 is 17.9 Å². The Morgan fingerprint density at radius 2 is 1.98 bits per heavy atom. The van der Waals surface area contributed by atoms with E-state index in [1.165, 1.54) is 6.07 Å². The lowest BCUT2D eigenvalue weighted by atomic mass is 9.69. The lowest BCUT2D eigenvalue weighted by molar-refractivity contribution is -0.137. The number of hydrogen-bond donors (Lipinski definition) is 1. The Morgan fingerprint density at radius 3 is 2.69 bits per heavy atom. The lowest BCUT2D eigenvalue weighted by Gasteiger charge is -2.52. The predicted octanol–water partition coefficient (Wildman–Crippen LogP) is 4.49. The van der Waals surface area contributed by atoms with Crippen molar-refractivity contribution in [2.45, 2.75) is 68.6 Å². The van der Waals surface area contributed by atoms with Gasteiger partial charge in [-0.15, -0.1) is 0 Å². The Morgan fingerprint density at radius 1 is 1.19 bits per heavy atom. The standard InChI is InChI=1S/C30H35F3N8O/c1-39(2)17-20-11-22(30(31,32)33)13-25(12-20)42-24-4-9-40(10-5-24)23-14-29(15-23,6-7-34)41-18-21(16-38-41)27-26-3-8-35-28(26)37-19-36-27/h3,8,11-13,16,18-19,23-24,26-27H,4-6,9-10,14-15,17H2,1-2H3,(H,35,36,37)/t23-,26?,27?,29-. The van der Waals surface area contributed by atoms with E-state index in [0.717, 1.165) is 56.2 Å². The van der Waals surface area contributed by atoms with Crippen LogP contribution in [0.5, 0.6) is 5.75 Å². The molecular weight excluding hydrogens is 545 g/mol. The highest BCUT2D eigenvalue weighted by molar-refractivity contribution is 5.96. The Kier molecular flexibility index (Phi) is 7.57. The number of nitriles is 1. The number of rotatable bonds is 8. The van der Waals surface area contributed by atoms with Gasteiger partial charge >= 0.3 is 6.18 Å². The van der Waals surface area contributed by atoms with Gasteiger partial charge in [-0.1, -0.05) is 6.08 Å². The van der Waals surface area contributed by atoms with Gasteiger partial charge < -0.3 is 15.0 Å². The van der Waals surface area contributed by atoms with E-state index >= 15 is 0 Å². The zero-order chi connectivity index (χ0) is 29.5. The SMILES string of the molecule is CN(C)Cc1cc(OC2CCN([C@H]3C[C@](CC#N)(n4cc(C5N=CN=C6NC=CC65)cn4)C3)CC2)cc(C(F)(F)F)c1. The highest BCUT2D eigenvalue weighted by Crippen LogP contribution is 2.46. The van der Waals surface area contributed by atoms with Crippen LogP contribution >= 0.6 is 0 Å². The van der Waals surface area contributed by atoms with Crippen LogP contribution in [0.1, 0.15) is 54.8 Å². The molecule has 1 aromatic carbocycles. The van der Waals surface area contributed by atoms with E-state index in [9.17, 15) is 18.4 Å². The molecule has 12 heteroatoms. The van der Waals surface area contributed by atoms with Gasteiger partial charge in [-0.05, 0) is 69.7 Å². The van der Waals surface area contributed by atoms with E-state index in [-0.39, 0.29) is 29.4 Å². The van der Waals surface area contributed by atoms with Crippen LogP contribution in [0.4, 0.5) is 13.2 Å². The van der Waals surface area contributed by atoms with Gasteiger partial charge in [0.15, 0.2) is 0 Å². The van der Waals surface area contributed by atoms with Crippen LogP contribution in [0.2, 0.25) is 0 Å². The van der Waals surface area contributed by atoms with Crippen molar-refractivity contribution in [2.75, 3.05) is 27.2 Å². The summed E-state index contributed by atoms with van der Waals surface area (Å²) in [5.41, 5.74) is 0.538. The van der Waals surface area contributed by atoms with E-state index in [1.807, 2.05) is 42.3 Å². The molecule has 6 rings (SSSR count). The summed E-state index contributed by atoms with van der Waals surface area (Å²) < 4.78 is 48.6. The molecule has 0 radical (unpaired) electrons. The molecule has 0 spiro atoms. The molecule has 0 amide bonds. The maximum absolute atomic E-state index is 13.5. The Hall–Kier alpha value is -3.69. The first-order valence-electron chi connectivity index (χ1n) is 14.3. The van der Waals surface area contributed by atoms with Gasteiger partial charge in [0.05, 0.1) is 41.7 Å². The van der Waals surface area contributed by atoms with Gasteiger partial charge in [0.25, 0.3) is 0 Å². The first-order valence-corrected chi connectivity index (χ1v) is 14.3. The van der Waals surface area contributed by atoms with Gasteiger partial charge in [-0.25, -0.2) is 4.99 Å². The molecule has 1 aromatic heterocycles. The number of benzene rings is 1. The smallest absolute Gasteiger partial charge is 0.416 e. The summed E-state index contributed by atoms with van der Waals surface area (Å²) in [7, 11) is 3.66. The molecule has 3 aliphatic heterocycles. The second kappa shape index (κ2) is 11.2. The highest BCUT2D eigenvalue weighted by Gasteiger charge is 2.49. The van der Waals surface area contributed by atoms with Crippen LogP contribution in [-0.4, -0.2) is 71.1 Å². The second-order valence-corrected chi connectivity index (χ2v) is 12.0. The van der Waals surface area contributed by atoms with Crippen LogP contribution in [-0.2, 0) is 18.3 Å². The van der Waals surface area contributed by atoms with Crippen molar-refractivity contribution in [2.24, 2.45) is 15.9 Å². The van der Waals surface area contributed by atoms with E-state index in [0.29, 0.717) is 24.6 Å². The fourth-order valence-electron chi connectivity index (χ4n) is 6.64. The van der Waals surface area contributed by atoms with Gasteiger partial charge in [0.1, 0.15) is 24.0 Å². The van der Waals surface area contributed by atoms with Crippen molar-refractivity contribution in [3.63, 3.8) is 0 Å². The largest absolute Gasteiger partial charge is 0.490 e. The summed E-state index contributed by atoms with van der Waals surface area (Å²) in [5.74, 6) is 1.22. The third kappa shape index (κ3) is 5.68. The average molecular weight is 581 g/mol. The van der Waals surface area contributed by atoms with E-state index < -0.39 is 11.7 Å². The summed E-state index contributed by atoms with van der Waals surface area (Å²) in [6, 6.07) is 6.61. The van der Waals surface area contributed by atoms with E-state index in [1.54, 1.807) is 12.4 Å². The molecule has 1 aliphatic carbocycles. The van der Waals surface area contributed by atoms with Gasteiger partial charge in [-0.2, -0.15) is 23.5 Å². The zero-order valence-electron chi connectivity index (χ0n) is 23.8. The Balaban J connectivity index is 1.07. The van der Waals surface area contributed by atoms with Crippen molar-refractivity contribution in [3.05, 3.63) is 59.6 Å². The number of halogens is 3. The number of nitrogens with one attached hydrogen (secondary N) is 1. The number of aliphatic imine (C=N–C) groups is 2. The topological polar surface area (TPSA) is 94.1 Å². The molecule has 2 unspecified atom stereocenters. The predicted molar refractivity (Wildman–Crippen MR) is 152 cm³/mol. The minimum absolute atomic E-state index is 0.0627. The number of aromatic nitrogens is 2. The minimum atomic E-state index is -4.43. The molecule has 2 atom stereocenters. The summed E-state index contributed by atoms with van der Waals surface area (Å²) in [6.07, 6.45) is 8.34. The number of amidine groups is 1. The second-order valence-electron chi connectivity index (χ2n) is 12.0. The molecule has 4 aliphatic rings. The van der Waals surface area contributed by atoms with Crippen molar-refractivity contribution in [1.29, 1.82) is 5.26 Å². The Bertz CT molecular complexity index is 1420. The molecule has 0 bridgehead atoms. The quantitative estimate of drug-likeness (QED) is 0.495. The number of hydrogen-bond acceptors (Lipinski definition) is 8. The highest BCUT2D eigenvalue weighted by atomic mass is 19.4. The van der Waals surface area contributed by atoms with Crippen LogP contribution in [0.3, 0.4) is 0 Å². The summed E-state index contributed by atoms with van der Waals surface area (Å²) in [4.78, 5) is 13.2. The fraction of sp³-hybridized carbons (Fsp3) is 0.533. The molecule has 4 heterocycles. The van der Waals surface area contributed by atoms with Crippen molar-refractivity contribution in [1.82, 2.24) is 24.9 Å². The van der Waals surface area contributed by atoms with E-state index in [2.05, 4.69) is 32.3 Å². The number of fused-ring (bicyclic) bond motifs is 1. The number of nitrogens with zero attached hydrogens (tertiary/aromatic N) is 7. The molecule has 2 fully saturated rings. The van der Waals surface area contributed by atoms with Crippen LogP contribution in [0.15, 0.2) is 52.9 Å². The monoisotopic (exact) mass is 580 g/mol. The molecule has 1 saturated heterocycles. The first kappa shape index (κ1) is 28.4. The van der Waals surface area contributed by atoms with Gasteiger partial charge in [-0.3, -0.25) is 14.6 Å². The molecule has 9 nitrogen and oxygen atoms in total. The third-order valence-electron chi connectivity index (χ3n) is 8.77. The molecule has 222 valence electrons. The van der Waals surface area contributed by atoms with Crippen molar-refractivity contribution in [3.8, 4) is 11.8 Å². The van der Waals surface area contributed by atoms with Crippen LogP contribution < -0.4 is 10.1 Å². The minimum Gasteiger partial charge on any atom is -0.490 e. The number of ether oxygens (including phenoxy) is 1. The first-order chi connectivity index (χ1) is 20.1. The van der Waals surface area contributed by atoms with E-state index in [4.69, 9.17) is 9.84 Å². The van der Waals surface area contributed by atoms with Crippen molar-refractivity contribution >= 4 is 12.2 Å². The maximum atomic E-state index is 13.5. The zero-order valence-corrected chi connectivity index (χ0v) is 23.8. The van der Waals surface area contributed by atoms with Gasteiger partial charge in [0.2, 0.25) is 0 Å². The summed E-state index contributed by atoms with van der Waals surface area (Å²) >= 11 is 0.